The Hall–Kier alpha value is -2.56. The van der Waals surface area contributed by atoms with E-state index in [2.05, 4.69) is 21.7 Å². The third-order valence-electron chi connectivity index (χ3n) is 3.81. The van der Waals surface area contributed by atoms with Gasteiger partial charge in [-0.3, -0.25) is 9.78 Å². The summed E-state index contributed by atoms with van der Waals surface area (Å²) in [6.07, 6.45) is 3.69. The van der Waals surface area contributed by atoms with Crippen LogP contribution in [0.5, 0.6) is 0 Å². The highest BCUT2D eigenvalue weighted by Gasteiger charge is 2.22. The number of hydrogen-bond acceptors (Lipinski definition) is 4. The maximum atomic E-state index is 11.6. The number of carbonyl (C=O) groups excluding carboxylic acids is 1. The number of aromatic nitrogens is 1. The standard InChI is InChI=1S/C16H18N4O/c1-18-16(21)15-9-12(6-7-19-15)20-14-5-2-10-8-11(17)3-4-13(10)14/h3-4,6-9,14H,2,5,17H2,1H3,(H,18,21)(H,19,20). The monoisotopic (exact) mass is 282 g/mol. The molecule has 0 radical (unpaired) electrons. The van der Waals surface area contributed by atoms with Crippen LogP contribution < -0.4 is 16.4 Å². The molecule has 4 N–H and O–H groups in total. The van der Waals surface area contributed by atoms with Gasteiger partial charge in [0.25, 0.3) is 5.91 Å². The molecule has 1 amide bonds. The van der Waals surface area contributed by atoms with E-state index >= 15 is 0 Å². The Kier molecular flexibility index (Phi) is 3.48. The molecule has 21 heavy (non-hydrogen) atoms. The second-order valence-corrected chi connectivity index (χ2v) is 5.20. The van der Waals surface area contributed by atoms with Crippen molar-refractivity contribution in [2.45, 2.75) is 18.9 Å². The molecule has 0 spiro atoms. The molecule has 3 rings (SSSR count). The van der Waals surface area contributed by atoms with Gasteiger partial charge in [-0.2, -0.15) is 0 Å². The summed E-state index contributed by atoms with van der Waals surface area (Å²) >= 11 is 0. The number of nitrogens with one attached hydrogen (secondary N) is 2. The van der Waals surface area contributed by atoms with E-state index in [0.717, 1.165) is 24.2 Å². The Balaban J connectivity index is 1.81. The quantitative estimate of drug-likeness (QED) is 0.753. The summed E-state index contributed by atoms with van der Waals surface area (Å²) in [5.41, 5.74) is 10.5. The molecule has 0 aliphatic heterocycles. The Morgan fingerprint density at radius 2 is 2.19 bits per heavy atom. The summed E-state index contributed by atoms with van der Waals surface area (Å²) in [5.74, 6) is -0.182. The summed E-state index contributed by atoms with van der Waals surface area (Å²) in [4.78, 5) is 15.7. The molecule has 5 nitrogen and oxygen atoms in total. The van der Waals surface area contributed by atoms with Gasteiger partial charge in [-0.15, -0.1) is 0 Å². The minimum absolute atomic E-state index is 0.182. The predicted octanol–water partition coefficient (Wildman–Crippen LogP) is 2.12. The fraction of sp³-hybridized carbons (Fsp3) is 0.250. The van der Waals surface area contributed by atoms with Gasteiger partial charge in [0.2, 0.25) is 0 Å². The number of rotatable bonds is 3. The van der Waals surface area contributed by atoms with Crippen molar-refractivity contribution in [1.29, 1.82) is 0 Å². The molecule has 108 valence electrons. The third kappa shape index (κ3) is 2.67. The van der Waals surface area contributed by atoms with Crippen LogP contribution in [0, 0.1) is 0 Å². The Labute approximate surface area is 123 Å². The minimum atomic E-state index is -0.182. The number of benzene rings is 1. The lowest BCUT2D eigenvalue weighted by molar-refractivity contribution is 0.0958. The van der Waals surface area contributed by atoms with Gasteiger partial charge in [-0.05, 0) is 48.2 Å². The first kappa shape index (κ1) is 13.4. The summed E-state index contributed by atoms with van der Waals surface area (Å²) in [6, 6.07) is 9.95. The number of hydrogen-bond donors (Lipinski definition) is 3. The molecule has 1 heterocycles. The summed E-state index contributed by atoms with van der Waals surface area (Å²) < 4.78 is 0. The maximum Gasteiger partial charge on any atom is 0.269 e. The molecule has 1 aliphatic carbocycles. The Morgan fingerprint density at radius 3 is 3.00 bits per heavy atom. The van der Waals surface area contributed by atoms with E-state index < -0.39 is 0 Å². The number of anilines is 2. The van der Waals surface area contributed by atoms with Crippen LogP contribution in [-0.4, -0.2) is 17.9 Å². The number of aryl methyl sites for hydroxylation is 1. The molecule has 1 aromatic carbocycles. The lowest BCUT2D eigenvalue weighted by atomic mass is 10.1. The molecule has 2 aromatic rings. The predicted molar refractivity (Wildman–Crippen MR) is 83.2 cm³/mol. The van der Waals surface area contributed by atoms with E-state index in [9.17, 15) is 4.79 Å². The van der Waals surface area contributed by atoms with E-state index in [0.29, 0.717) is 5.69 Å². The van der Waals surface area contributed by atoms with Crippen LogP contribution in [0.1, 0.15) is 34.1 Å². The van der Waals surface area contributed by atoms with Crippen molar-refractivity contribution < 1.29 is 4.79 Å². The van der Waals surface area contributed by atoms with E-state index in [1.165, 1.54) is 11.1 Å². The van der Waals surface area contributed by atoms with Gasteiger partial charge in [0.05, 0.1) is 6.04 Å². The first-order valence-electron chi connectivity index (χ1n) is 7.00. The third-order valence-corrected chi connectivity index (χ3v) is 3.81. The zero-order valence-corrected chi connectivity index (χ0v) is 11.9. The van der Waals surface area contributed by atoms with Crippen molar-refractivity contribution in [3.8, 4) is 0 Å². The number of amides is 1. The number of nitrogens with zero attached hydrogens (tertiary/aromatic N) is 1. The molecule has 0 fully saturated rings. The summed E-state index contributed by atoms with van der Waals surface area (Å²) in [6.45, 7) is 0. The van der Waals surface area contributed by atoms with Gasteiger partial charge in [0.1, 0.15) is 5.69 Å². The highest BCUT2D eigenvalue weighted by Crippen LogP contribution is 2.34. The maximum absolute atomic E-state index is 11.6. The number of nitrogens with two attached hydrogens (primary N) is 1. The summed E-state index contributed by atoms with van der Waals surface area (Å²) in [7, 11) is 1.60. The number of pyridine rings is 1. The normalized spacial score (nSPS) is 16.3. The average molecular weight is 282 g/mol. The number of carbonyl (C=O) groups is 1. The lowest BCUT2D eigenvalue weighted by Gasteiger charge is -2.16. The smallest absolute Gasteiger partial charge is 0.269 e. The van der Waals surface area contributed by atoms with Gasteiger partial charge < -0.3 is 16.4 Å². The van der Waals surface area contributed by atoms with Crippen LogP contribution in [0.25, 0.3) is 0 Å². The lowest BCUT2D eigenvalue weighted by Crippen LogP contribution is -2.19. The van der Waals surface area contributed by atoms with Crippen molar-refractivity contribution >= 4 is 17.3 Å². The average Bonchev–Trinajstić information content (AvgIpc) is 2.89. The van der Waals surface area contributed by atoms with E-state index in [4.69, 9.17) is 5.73 Å². The highest BCUT2D eigenvalue weighted by atomic mass is 16.1. The van der Waals surface area contributed by atoms with Crippen LogP contribution in [-0.2, 0) is 6.42 Å². The van der Waals surface area contributed by atoms with Crippen LogP contribution in [0.4, 0.5) is 11.4 Å². The molecule has 1 unspecified atom stereocenters. The zero-order chi connectivity index (χ0) is 14.8. The molecule has 1 aliphatic rings. The molecular formula is C16H18N4O. The van der Waals surface area contributed by atoms with Crippen molar-refractivity contribution in [1.82, 2.24) is 10.3 Å². The van der Waals surface area contributed by atoms with Gasteiger partial charge in [-0.25, -0.2) is 0 Å². The second-order valence-electron chi connectivity index (χ2n) is 5.20. The molecule has 0 saturated carbocycles. The molecule has 1 aromatic heterocycles. The Morgan fingerprint density at radius 1 is 1.33 bits per heavy atom. The molecular weight excluding hydrogens is 264 g/mol. The van der Waals surface area contributed by atoms with Crippen molar-refractivity contribution in [3.05, 3.63) is 53.3 Å². The first-order chi connectivity index (χ1) is 10.2. The van der Waals surface area contributed by atoms with Gasteiger partial charge in [-0.1, -0.05) is 6.07 Å². The van der Waals surface area contributed by atoms with Crippen molar-refractivity contribution in [2.75, 3.05) is 18.1 Å². The van der Waals surface area contributed by atoms with Crippen LogP contribution in [0.2, 0.25) is 0 Å². The molecule has 0 bridgehead atoms. The van der Waals surface area contributed by atoms with Gasteiger partial charge in [0.15, 0.2) is 0 Å². The summed E-state index contributed by atoms with van der Waals surface area (Å²) in [5, 5.41) is 6.06. The largest absolute Gasteiger partial charge is 0.399 e. The molecule has 5 heteroatoms. The minimum Gasteiger partial charge on any atom is -0.399 e. The van der Waals surface area contributed by atoms with E-state index in [1.54, 1.807) is 19.3 Å². The first-order valence-corrected chi connectivity index (χ1v) is 7.00. The highest BCUT2D eigenvalue weighted by molar-refractivity contribution is 5.92. The van der Waals surface area contributed by atoms with Crippen LogP contribution in [0.15, 0.2) is 36.5 Å². The molecule has 1 atom stereocenters. The zero-order valence-electron chi connectivity index (χ0n) is 11.9. The van der Waals surface area contributed by atoms with E-state index in [1.807, 2.05) is 18.2 Å². The topological polar surface area (TPSA) is 80.0 Å². The van der Waals surface area contributed by atoms with Gasteiger partial charge >= 0.3 is 0 Å². The Bertz CT molecular complexity index is 684. The molecule has 0 saturated heterocycles. The van der Waals surface area contributed by atoms with Crippen LogP contribution in [0.3, 0.4) is 0 Å². The van der Waals surface area contributed by atoms with Crippen LogP contribution >= 0.6 is 0 Å². The van der Waals surface area contributed by atoms with Crippen molar-refractivity contribution in [3.63, 3.8) is 0 Å². The second kappa shape index (κ2) is 5.44. The SMILES string of the molecule is CNC(=O)c1cc(NC2CCc3cc(N)ccc32)ccn1. The van der Waals surface area contributed by atoms with Crippen molar-refractivity contribution in [2.24, 2.45) is 0 Å². The fourth-order valence-electron chi connectivity index (χ4n) is 2.76. The fourth-order valence-corrected chi connectivity index (χ4v) is 2.76. The number of fused-ring (bicyclic) bond motifs is 1. The van der Waals surface area contributed by atoms with Gasteiger partial charge in [0, 0.05) is 24.6 Å². The van der Waals surface area contributed by atoms with E-state index in [-0.39, 0.29) is 11.9 Å². The number of nitrogen functional groups attached to an aromatic ring is 1.